The van der Waals surface area contributed by atoms with Crippen LogP contribution in [-0.2, 0) is 0 Å². The summed E-state index contributed by atoms with van der Waals surface area (Å²) in [7, 11) is 0. The van der Waals surface area contributed by atoms with Crippen molar-refractivity contribution in [2.24, 2.45) is 5.92 Å². The molecule has 0 amide bonds. The van der Waals surface area contributed by atoms with Crippen LogP contribution in [0.3, 0.4) is 0 Å². The first kappa shape index (κ1) is 13.0. The Balaban J connectivity index is 2.26. The molecule has 0 nitrogen and oxygen atoms in total. The fourth-order valence-electron chi connectivity index (χ4n) is 2.44. The van der Waals surface area contributed by atoms with E-state index in [0.717, 1.165) is 24.8 Å². The van der Waals surface area contributed by atoms with Crippen molar-refractivity contribution >= 4 is 5.57 Å². The van der Waals surface area contributed by atoms with Gasteiger partial charge in [0.2, 0.25) is 0 Å². The molecule has 96 valence electrons. The van der Waals surface area contributed by atoms with Crippen LogP contribution in [0.15, 0.2) is 30.4 Å². The molecule has 18 heavy (non-hydrogen) atoms. The molecule has 1 aliphatic carbocycles. The molecule has 0 N–H and O–H groups in total. The molecule has 1 unspecified atom stereocenters. The third kappa shape index (κ3) is 2.53. The van der Waals surface area contributed by atoms with Crippen molar-refractivity contribution in [1.29, 1.82) is 0 Å². The third-order valence-electron chi connectivity index (χ3n) is 3.54. The number of hydrogen-bond donors (Lipinski definition) is 0. The normalized spacial score (nSPS) is 20.2. The zero-order valence-corrected chi connectivity index (χ0v) is 10.8. The van der Waals surface area contributed by atoms with E-state index in [1.54, 1.807) is 19.1 Å². The van der Waals surface area contributed by atoms with Crippen LogP contribution in [0.1, 0.15) is 37.3 Å². The van der Waals surface area contributed by atoms with Crippen molar-refractivity contribution in [2.75, 3.05) is 0 Å². The second kappa shape index (κ2) is 5.47. The van der Waals surface area contributed by atoms with Crippen LogP contribution < -0.4 is 0 Å². The molecule has 1 atom stereocenters. The Morgan fingerprint density at radius 2 is 2.00 bits per heavy atom. The zero-order valence-electron chi connectivity index (χ0n) is 10.8. The summed E-state index contributed by atoms with van der Waals surface area (Å²) in [6.07, 6.45) is 9.00. The van der Waals surface area contributed by atoms with Gasteiger partial charge in [-0.1, -0.05) is 30.4 Å². The minimum atomic E-state index is -0.719. The minimum Gasteiger partial charge on any atom is -0.203 e. The number of rotatable bonds is 2. The Morgan fingerprint density at radius 3 is 2.61 bits per heavy atom. The first-order valence-electron chi connectivity index (χ1n) is 6.40. The topological polar surface area (TPSA) is 0 Å². The zero-order chi connectivity index (χ0) is 13.1. The largest absolute Gasteiger partial charge is 0.203 e. The fourth-order valence-corrected chi connectivity index (χ4v) is 2.44. The van der Waals surface area contributed by atoms with E-state index in [-0.39, 0.29) is 0 Å². The maximum Gasteiger partial charge on any atom is 0.166 e. The number of aryl methyl sites for hydroxylation is 1. The monoisotopic (exact) mass is 248 g/mol. The molecule has 2 heteroatoms. The second-order valence-electron chi connectivity index (χ2n) is 4.85. The molecule has 0 bridgehead atoms. The van der Waals surface area contributed by atoms with Gasteiger partial charge in [-0.25, -0.2) is 8.78 Å². The number of halogens is 2. The van der Waals surface area contributed by atoms with Gasteiger partial charge in [0.05, 0.1) is 0 Å². The predicted molar refractivity (Wildman–Crippen MR) is 71.2 cm³/mol. The molecular weight excluding hydrogens is 230 g/mol. The lowest BCUT2D eigenvalue weighted by Crippen LogP contribution is -2.05. The summed E-state index contributed by atoms with van der Waals surface area (Å²) in [5.74, 6) is -0.883. The van der Waals surface area contributed by atoms with Crippen molar-refractivity contribution in [3.05, 3.63) is 53.1 Å². The van der Waals surface area contributed by atoms with E-state index in [1.165, 1.54) is 0 Å². The van der Waals surface area contributed by atoms with E-state index >= 15 is 0 Å². The van der Waals surface area contributed by atoms with E-state index < -0.39 is 11.6 Å². The van der Waals surface area contributed by atoms with Crippen LogP contribution in [0, 0.1) is 24.5 Å². The highest BCUT2D eigenvalue weighted by Crippen LogP contribution is 2.33. The van der Waals surface area contributed by atoms with Gasteiger partial charge in [0.25, 0.3) is 0 Å². The Labute approximate surface area is 107 Å². The van der Waals surface area contributed by atoms with Crippen molar-refractivity contribution in [3.8, 4) is 0 Å². The lowest BCUT2D eigenvalue weighted by Gasteiger charge is -2.20. The van der Waals surface area contributed by atoms with Crippen LogP contribution in [0.5, 0.6) is 0 Å². The molecule has 0 saturated heterocycles. The summed E-state index contributed by atoms with van der Waals surface area (Å²) in [6, 6.07) is 3.34. The highest BCUT2D eigenvalue weighted by Gasteiger charge is 2.18. The van der Waals surface area contributed by atoms with E-state index in [1.807, 2.05) is 13.0 Å². The molecule has 0 saturated carbocycles. The Bertz CT molecular complexity index is 498. The average Bonchev–Trinajstić information content (AvgIpc) is 2.38. The number of hydrogen-bond acceptors (Lipinski definition) is 0. The Morgan fingerprint density at radius 1 is 1.22 bits per heavy atom. The fraction of sp³-hybridized carbons (Fsp3) is 0.375. The maximum absolute atomic E-state index is 13.9. The van der Waals surface area contributed by atoms with Crippen LogP contribution in [-0.4, -0.2) is 0 Å². The summed E-state index contributed by atoms with van der Waals surface area (Å²) in [5, 5.41) is 0. The lowest BCUT2D eigenvalue weighted by atomic mass is 9.86. The maximum atomic E-state index is 13.9. The molecule has 2 rings (SSSR count). The molecule has 0 aromatic heterocycles. The first-order chi connectivity index (χ1) is 8.63. The number of benzene rings is 1. The van der Waals surface area contributed by atoms with Gasteiger partial charge >= 0.3 is 0 Å². The molecule has 0 spiro atoms. The average molecular weight is 248 g/mol. The van der Waals surface area contributed by atoms with Gasteiger partial charge in [-0.2, -0.15) is 0 Å². The van der Waals surface area contributed by atoms with E-state index in [4.69, 9.17) is 0 Å². The van der Waals surface area contributed by atoms with E-state index in [2.05, 4.69) is 12.2 Å². The standard InChI is InChI=1S/C16H18F2/c1-3-4-12-6-8-13(9-7-12)14-10-5-11(2)15(17)16(14)18/h3-5,8,10,12H,6-7,9H2,1-2H3. The Kier molecular flexibility index (Phi) is 3.95. The summed E-state index contributed by atoms with van der Waals surface area (Å²) in [6.45, 7) is 3.59. The van der Waals surface area contributed by atoms with Crippen LogP contribution in [0.25, 0.3) is 5.57 Å². The second-order valence-corrected chi connectivity index (χ2v) is 4.85. The molecule has 0 heterocycles. The highest BCUT2D eigenvalue weighted by molar-refractivity contribution is 5.67. The van der Waals surface area contributed by atoms with Gasteiger partial charge in [-0.15, -0.1) is 0 Å². The summed E-state index contributed by atoms with van der Waals surface area (Å²) < 4.78 is 27.4. The van der Waals surface area contributed by atoms with Crippen molar-refractivity contribution in [1.82, 2.24) is 0 Å². The minimum absolute atomic E-state index is 0.361. The molecular formula is C16H18F2. The molecule has 1 aromatic carbocycles. The molecule has 0 radical (unpaired) electrons. The molecule has 1 aliphatic rings. The predicted octanol–water partition coefficient (Wildman–Crippen LogP) is 5.03. The third-order valence-corrected chi connectivity index (χ3v) is 3.54. The van der Waals surface area contributed by atoms with Gasteiger partial charge in [0.1, 0.15) is 0 Å². The Hall–Kier alpha value is -1.44. The van der Waals surface area contributed by atoms with E-state index in [9.17, 15) is 8.78 Å². The van der Waals surface area contributed by atoms with Gasteiger partial charge in [-0.05, 0) is 50.2 Å². The van der Waals surface area contributed by atoms with Gasteiger partial charge in [0, 0.05) is 5.56 Å². The van der Waals surface area contributed by atoms with Gasteiger partial charge < -0.3 is 0 Å². The first-order valence-corrected chi connectivity index (χ1v) is 6.40. The van der Waals surface area contributed by atoms with Gasteiger partial charge in [0.15, 0.2) is 11.6 Å². The smallest absolute Gasteiger partial charge is 0.166 e. The summed E-state index contributed by atoms with van der Waals surface area (Å²) in [4.78, 5) is 0. The summed E-state index contributed by atoms with van der Waals surface area (Å²) in [5.41, 5.74) is 1.73. The SMILES string of the molecule is CC=CC1CC=C(c2ccc(C)c(F)c2F)CC1. The van der Waals surface area contributed by atoms with Crippen LogP contribution in [0.4, 0.5) is 8.78 Å². The van der Waals surface area contributed by atoms with Gasteiger partial charge in [-0.3, -0.25) is 0 Å². The van der Waals surface area contributed by atoms with E-state index in [0.29, 0.717) is 17.0 Å². The summed E-state index contributed by atoms with van der Waals surface area (Å²) >= 11 is 0. The molecule has 0 aliphatic heterocycles. The number of allylic oxidation sites excluding steroid dienone is 4. The molecule has 0 fully saturated rings. The van der Waals surface area contributed by atoms with Crippen LogP contribution in [0.2, 0.25) is 0 Å². The van der Waals surface area contributed by atoms with Crippen molar-refractivity contribution < 1.29 is 8.78 Å². The molecule has 1 aromatic rings. The van der Waals surface area contributed by atoms with Crippen molar-refractivity contribution in [2.45, 2.75) is 33.1 Å². The van der Waals surface area contributed by atoms with Crippen LogP contribution >= 0.6 is 0 Å². The quantitative estimate of drug-likeness (QED) is 0.644. The van der Waals surface area contributed by atoms with Crippen molar-refractivity contribution in [3.63, 3.8) is 0 Å². The lowest BCUT2D eigenvalue weighted by molar-refractivity contribution is 0.499. The highest BCUT2D eigenvalue weighted by atomic mass is 19.2.